The summed E-state index contributed by atoms with van der Waals surface area (Å²) in [7, 11) is 0. The van der Waals surface area contributed by atoms with Crippen LogP contribution in [-0.4, -0.2) is 32.3 Å². The first-order valence-electron chi connectivity index (χ1n) is 8.94. The molecule has 0 radical (unpaired) electrons. The number of amides is 1. The van der Waals surface area contributed by atoms with Crippen molar-refractivity contribution in [1.29, 1.82) is 0 Å². The molecule has 1 amide bonds. The van der Waals surface area contributed by atoms with Gasteiger partial charge in [0.05, 0.1) is 22.4 Å². The van der Waals surface area contributed by atoms with Gasteiger partial charge >= 0.3 is 0 Å². The monoisotopic (exact) mass is 428 g/mol. The maximum Gasteiger partial charge on any atom is 0.253 e. The first-order chi connectivity index (χ1) is 13.5. The van der Waals surface area contributed by atoms with Crippen LogP contribution in [0.1, 0.15) is 39.2 Å². The molecule has 144 valence electrons. The van der Waals surface area contributed by atoms with Gasteiger partial charge in [-0.05, 0) is 49.2 Å². The molecule has 1 aliphatic heterocycles. The van der Waals surface area contributed by atoms with Gasteiger partial charge in [0.1, 0.15) is 0 Å². The van der Waals surface area contributed by atoms with Crippen molar-refractivity contribution < 1.29 is 4.79 Å². The molecule has 0 bridgehead atoms. The normalized spacial score (nSPS) is 16.5. The molecular weight excluding hydrogens is 408 g/mol. The molecule has 3 aromatic rings. The largest absolute Gasteiger partial charge is 0.272 e. The van der Waals surface area contributed by atoms with E-state index in [1.54, 1.807) is 27.7 Å². The Bertz CT molecular complexity index is 989. The Morgan fingerprint density at radius 2 is 1.86 bits per heavy atom. The number of aromatic nitrogens is 2. The molecule has 0 fully saturated rings. The van der Waals surface area contributed by atoms with E-state index in [4.69, 9.17) is 5.10 Å². The van der Waals surface area contributed by atoms with Crippen molar-refractivity contribution in [2.24, 2.45) is 5.10 Å². The van der Waals surface area contributed by atoms with E-state index in [1.165, 1.54) is 11.8 Å². The number of aryl methyl sites for hydroxylation is 2. The van der Waals surface area contributed by atoms with Crippen LogP contribution in [0.2, 0.25) is 0 Å². The summed E-state index contributed by atoms with van der Waals surface area (Å²) in [5.74, 6) is 0.250. The van der Waals surface area contributed by atoms with Gasteiger partial charge in [-0.25, -0.2) is 15.0 Å². The van der Waals surface area contributed by atoms with Gasteiger partial charge < -0.3 is 0 Å². The highest BCUT2D eigenvalue weighted by Crippen LogP contribution is 2.36. The van der Waals surface area contributed by atoms with Gasteiger partial charge in [0.25, 0.3) is 5.91 Å². The van der Waals surface area contributed by atoms with Crippen LogP contribution in [0.5, 0.6) is 0 Å². The summed E-state index contributed by atoms with van der Waals surface area (Å²) in [5, 5.41) is 11.1. The molecule has 4 rings (SSSR count). The first-order valence-corrected chi connectivity index (χ1v) is 11.7. The van der Waals surface area contributed by atoms with E-state index in [1.807, 2.05) is 43.7 Å². The summed E-state index contributed by atoms with van der Waals surface area (Å²) in [5.41, 5.74) is 3.99. The smallest absolute Gasteiger partial charge is 0.253 e. The number of hydrazone groups is 1. The summed E-state index contributed by atoms with van der Waals surface area (Å²) in [6.07, 6.45) is 0.747. The predicted octanol–water partition coefficient (Wildman–Crippen LogP) is 4.99. The second-order valence-corrected chi connectivity index (χ2v) is 9.46. The summed E-state index contributed by atoms with van der Waals surface area (Å²) < 4.78 is 0. The number of thiophene rings is 2. The third-order valence-electron chi connectivity index (χ3n) is 4.78. The third kappa shape index (κ3) is 3.90. The minimum absolute atomic E-state index is 0.0190. The number of thioether (sulfide) groups is 1. The van der Waals surface area contributed by atoms with Crippen molar-refractivity contribution in [3.63, 3.8) is 0 Å². The molecule has 0 aromatic carbocycles. The fourth-order valence-electron chi connectivity index (χ4n) is 3.03. The summed E-state index contributed by atoms with van der Waals surface area (Å²) in [6, 6.07) is 8.14. The molecular formula is C20H20N4OS3. The standard InChI is InChI=1S/C20H20N4OS3/c1-12-13(2)21-20(22-14(12)3)28-11-19(25)24-16(18-7-5-9-27-18)10-15(23-24)17-6-4-8-26-17/h4-9,16H,10-11H2,1-3H3. The van der Waals surface area contributed by atoms with E-state index in [2.05, 4.69) is 22.1 Å². The van der Waals surface area contributed by atoms with Crippen LogP contribution in [0.15, 0.2) is 45.3 Å². The molecule has 0 N–H and O–H groups in total. The van der Waals surface area contributed by atoms with Crippen molar-refractivity contribution >= 4 is 46.1 Å². The highest BCUT2D eigenvalue weighted by molar-refractivity contribution is 7.99. The number of carbonyl (C=O) groups excluding carboxylic acids is 1. The Morgan fingerprint density at radius 1 is 1.14 bits per heavy atom. The lowest BCUT2D eigenvalue weighted by Crippen LogP contribution is -2.28. The van der Waals surface area contributed by atoms with Gasteiger partial charge in [-0.1, -0.05) is 23.9 Å². The zero-order valence-electron chi connectivity index (χ0n) is 15.9. The van der Waals surface area contributed by atoms with E-state index in [9.17, 15) is 4.79 Å². The molecule has 4 heterocycles. The zero-order valence-corrected chi connectivity index (χ0v) is 18.3. The Labute approximate surface area is 176 Å². The molecule has 0 saturated heterocycles. The Hall–Kier alpha value is -2.03. The van der Waals surface area contributed by atoms with Crippen molar-refractivity contribution in [3.05, 3.63) is 61.7 Å². The quantitative estimate of drug-likeness (QED) is 0.424. The molecule has 1 aliphatic rings. The molecule has 1 unspecified atom stereocenters. The maximum absolute atomic E-state index is 13.0. The first kappa shape index (κ1) is 19.3. The Morgan fingerprint density at radius 3 is 2.50 bits per heavy atom. The average molecular weight is 429 g/mol. The topological polar surface area (TPSA) is 58.5 Å². The van der Waals surface area contributed by atoms with Crippen molar-refractivity contribution in [3.8, 4) is 0 Å². The molecule has 5 nitrogen and oxygen atoms in total. The van der Waals surface area contributed by atoms with Crippen LogP contribution >= 0.6 is 34.4 Å². The van der Waals surface area contributed by atoms with Crippen LogP contribution in [0, 0.1) is 20.8 Å². The van der Waals surface area contributed by atoms with Crippen molar-refractivity contribution in [1.82, 2.24) is 15.0 Å². The average Bonchev–Trinajstić information content (AvgIpc) is 3.43. The fourth-order valence-corrected chi connectivity index (χ4v) is 5.35. The van der Waals surface area contributed by atoms with Gasteiger partial charge in [-0.15, -0.1) is 22.7 Å². The van der Waals surface area contributed by atoms with E-state index in [0.717, 1.165) is 38.8 Å². The van der Waals surface area contributed by atoms with Gasteiger partial charge in [0.2, 0.25) is 0 Å². The Balaban J connectivity index is 1.53. The van der Waals surface area contributed by atoms with E-state index in [0.29, 0.717) is 5.16 Å². The van der Waals surface area contributed by atoms with E-state index < -0.39 is 0 Å². The van der Waals surface area contributed by atoms with E-state index in [-0.39, 0.29) is 17.7 Å². The van der Waals surface area contributed by atoms with Crippen molar-refractivity contribution in [2.45, 2.75) is 38.4 Å². The van der Waals surface area contributed by atoms with Crippen molar-refractivity contribution in [2.75, 3.05) is 5.75 Å². The lowest BCUT2D eigenvalue weighted by atomic mass is 10.1. The highest BCUT2D eigenvalue weighted by atomic mass is 32.2. The van der Waals surface area contributed by atoms with Gasteiger partial charge in [0, 0.05) is 22.7 Å². The molecule has 0 spiro atoms. The fraction of sp³-hybridized carbons (Fsp3) is 0.300. The maximum atomic E-state index is 13.0. The molecule has 0 aliphatic carbocycles. The second kappa shape index (κ2) is 8.14. The molecule has 1 atom stereocenters. The minimum atomic E-state index is -0.0346. The van der Waals surface area contributed by atoms with Crippen LogP contribution < -0.4 is 0 Å². The molecule has 0 saturated carbocycles. The van der Waals surface area contributed by atoms with E-state index >= 15 is 0 Å². The lowest BCUT2D eigenvalue weighted by Gasteiger charge is -2.20. The second-order valence-electron chi connectivity index (χ2n) is 6.59. The highest BCUT2D eigenvalue weighted by Gasteiger charge is 2.34. The number of nitrogens with zero attached hydrogens (tertiary/aromatic N) is 4. The van der Waals surface area contributed by atoms with Crippen LogP contribution in [-0.2, 0) is 4.79 Å². The number of carbonyl (C=O) groups is 1. The summed E-state index contributed by atoms with van der Waals surface area (Å²) in [4.78, 5) is 24.3. The van der Waals surface area contributed by atoms with Crippen LogP contribution in [0.25, 0.3) is 0 Å². The molecule has 28 heavy (non-hydrogen) atoms. The van der Waals surface area contributed by atoms with Crippen LogP contribution in [0.4, 0.5) is 0 Å². The predicted molar refractivity (Wildman–Crippen MR) is 116 cm³/mol. The van der Waals surface area contributed by atoms with Gasteiger partial charge in [-0.3, -0.25) is 4.79 Å². The summed E-state index contributed by atoms with van der Waals surface area (Å²) in [6.45, 7) is 5.96. The molecule has 8 heteroatoms. The van der Waals surface area contributed by atoms with Gasteiger partial charge in [-0.2, -0.15) is 5.10 Å². The summed E-state index contributed by atoms with van der Waals surface area (Å²) >= 11 is 4.70. The number of rotatable bonds is 5. The van der Waals surface area contributed by atoms with Gasteiger partial charge in [0.15, 0.2) is 5.16 Å². The SMILES string of the molecule is Cc1nc(SCC(=O)N2N=C(c3cccs3)CC2c2cccs2)nc(C)c1C. The number of hydrogen-bond donors (Lipinski definition) is 0. The zero-order chi connectivity index (χ0) is 19.7. The Kier molecular flexibility index (Phi) is 5.61. The lowest BCUT2D eigenvalue weighted by molar-refractivity contribution is -0.130. The minimum Gasteiger partial charge on any atom is -0.272 e. The van der Waals surface area contributed by atoms with Crippen LogP contribution in [0.3, 0.4) is 0 Å². The third-order valence-corrected chi connectivity index (χ3v) is 7.50. The molecule has 3 aromatic heterocycles. The number of hydrogen-bond acceptors (Lipinski definition) is 7.